The van der Waals surface area contributed by atoms with Gasteiger partial charge in [0.25, 0.3) is 5.91 Å². The van der Waals surface area contributed by atoms with Crippen molar-refractivity contribution in [1.29, 1.82) is 0 Å². The van der Waals surface area contributed by atoms with Gasteiger partial charge in [-0.25, -0.2) is 0 Å². The van der Waals surface area contributed by atoms with Crippen molar-refractivity contribution in [2.45, 2.75) is 18.8 Å². The lowest BCUT2D eigenvalue weighted by atomic mass is 9.98. The van der Waals surface area contributed by atoms with E-state index < -0.39 is 0 Å². The number of carbonyl (C=O) groups excluding carboxylic acids is 2. The zero-order chi connectivity index (χ0) is 17.4. The molecule has 128 valence electrons. The Balaban J connectivity index is 1.71. The summed E-state index contributed by atoms with van der Waals surface area (Å²) in [6.07, 6.45) is 1.68. The second-order valence-electron chi connectivity index (χ2n) is 6.42. The van der Waals surface area contributed by atoms with Crippen LogP contribution in [0, 0.1) is 0 Å². The Morgan fingerprint density at radius 2 is 2.08 bits per heavy atom. The smallest absolute Gasteiger partial charge is 0.253 e. The number of hydrogen-bond donors (Lipinski definition) is 1. The summed E-state index contributed by atoms with van der Waals surface area (Å²) < 4.78 is 5.32. The fourth-order valence-electron chi connectivity index (χ4n) is 3.78. The lowest BCUT2D eigenvalue weighted by Gasteiger charge is -2.25. The fraction of sp³-hybridized carbons (Fsp3) is 0.300. The van der Waals surface area contributed by atoms with Crippen LogP contribution in [0.15, 0.2) is 42.5 Å². The normalized spacial score (nSPS) is 18.8. The maximum Gasteiger partial charge on any atom is 0.253 e. The van der Waals surface area contributed by atoms with Gasteiger partial charge < -0.3 is 15.0 Å². The number of amides is 2. The first-order valence-corrected chi connectivity index (χ1v) is 8.54. The zero-order valence-corrected chi connectivity index (χ0v) is 14.1. The number of rotatable bonds is 2. The number of carbonyl (C=O) groups is 2. The predicted octanol–water partition coefficient (Wildman–Crippen LogP) is 2.50. The highest BCUT2D eigenvalue weighted by atomic mass is 16.5. The molecule has 2 amide bonds. The molecular weight excluding hydrogens is 316 g/mol. The van der Waals surface area contributed by atoms with Gasteiger partial charge >= 0.3 is 0 Å². The van der Waals surface area contributed by atoms with Gasteiger partial charge in [-0.05, 0) is 48.2 Å². The molecule has 0 unspecified atom stereocenters. The van der Waals surface area contributed by atoms with Crippen LogP contribution < -0.4 is 15.0 Å². The van der Waals surface area contributed by atoms with Crippen molar-refractivity contribution in [2.24, 2.45) is 0 Å². The van der Waals surface area contributed by atoms with Crippen molar-refractivity contribution in [3.63, 3.8) is 0 Å². The molecule has 5 heteroatoms. The molecule has 1 N–H and O–H groups in total. The van der Waals surface area contributed by atoms with E-state index in [-0.39, 0.29) is 17.7 Å². The number of methoxy groups -OCH3 is 1. The van der Waals surface area contributed by atoms with E-state index in [2.05, 4.69) is 5.32 Å². The maximum absolute atomic E-state index is 13.3. The molecule has 5 nitrogen and oxygen atoms in total. The predicted molar refractivity (Wildman–Crippen MR) is 95.2 cm³/mol. The summed E-state index contributed by atoms with van der Waals surface area (Å²) >= 11 is 0. The molecule has 0 radical (unpaired) electrons. The van der Waals surface area contributed by atoms with Crippen LogP contribution in [-0.2, 0) is 11.2 Å². The number of aryl methyl sites for hydroxylation is 1. The average Bonchev–Trinajstić information content (AvgIpc) is 2.99. The topological polar surface area (TPSA) is 58.6 Å². The molecule has 2 aromatic rings. The molecule has 1 heterocycles. The highest BCUT2D eigenvalue weighted by Crippen LogP contribution is 2.38. The van der Waals surface area contributed by atoms with Gasteiger partial charge in [0.15, 0.2) is 0 Å². The molecule has 2 aliphatic rings. The molecule has 4 rings (SSSR count). The number of nitrogens with one attached hydrogen (secondary N) is 1. The Kier molecular flexibility index (Phi) is 3.92. The van der Waals surface area contributed by atoms with E-state index in [9.17, 15) is 9.59 Å². The van der Waals surface area contributed by atoms with E-state index in [1.807, 2.05) is 36.4 Å². The third-order valence-corrected chi connectivity index (χ3v) is 5.06. The SMILES string of the molecule is COc1ccc2c(c1)[C@H](C(=O)N1CCNC(=O)c3ccccc31)CC2. The largest absolute Gasteiger partial charge is 0.497 e. The van der Waals surface area contributed by atoms with E-state index in [0.29, 0.717) is 24.3 Å². The van der Waals surface area contributed by atoms with Crippen LogP contribution in [0.25, 0.3) is 0 Å². The number of ether oxygens (including phenoxy) is 1. The van der Waals surface area contributed by atoms with Gasteiger partial charge in [-0.3, -0.25) is 9.59 Å². The molecule has 2 aromatic carbocycles. The Bertz CT molecular complexity index is 847. The highest BCUT2D eigenvalue weighted by molar-refractivity contribution is 6.07. The number of nitrogens with zero attached hydrogens (tertiary/aromatic N) is 1. The molecular formula is C20H20N2O3. The number of fused-ring (bicyclic) bond motifs is 2. The molecule has 25 heavy (non-hydrogen) atoms. The molecule has 0 saturated carbocycles. The van der Waals surface area contributed by atoms with Crippen LogP contribution >= 0.6 is 0 Å². The van der Waals surface area contributed by atoms with Gasteiger partial charge in [0, 0.05) is 13.1 Å². The molecule has 0 bridgehead atoms. The van der Waals surface area contributed by atoms with Crippen molar-refractivity contribution in [3.05, 3.63) is 59.2 Å². The van der Waals surface area contributed by atoms with Crippen molar-refractivity contribution in [2.75, 3.05) is 25.1 Å². The molecule has 0 aromatic heterocycles. The van der Waals surface area contributed by atoms with Gasteiger partial charge in [-0.1, -0.05) is 18.2 Å². The minimum absolute atomic E-state index is 0.0518. The fourth-order valence-corrected chi connectivity index (χ4v) is 3.78. The molecule has 1 atom stereocenters. The second-order valence-corrected chi connectivity index (χ2v) is 6.42. The minimum atomic E-state index is -0.189. The summed E-state index contributed by atoms with van der Waals surface area (Å²) in [4.78, 5) is 27.3. The standard InChI is InChI=1S/C20H20N2O3/c1-25-14-8-6-13-7-9-15(17(13)12-14)20(24)22-11-10-21-19(23)16-4-2-3-5-18(16)22/h2-6,8,12,15H,7,9-11H2,1H3,(H,21,23)/t15-/m1/s1. The van der Waals surface area contributed by atoms with Crippen molar-refractivity contribution < 1.29 is 14.3 Å². The average molecular weight is 336 g/mol. The van der Waals surface area contributed by atoms with Crippen LogP contribution in [0.3, 0.4) is 0 Å². The Hall–Kier alpha value is -2.82. The second kappa shape index (κ2) is 6.24. The number of anilines is 1. The lowest BCUT2D eigenvalue weighted by Crippen LogP contribution is -2.37. The van der Waals surface area contributed by atoms with Gasteiger partial charge in [-0.2, -0.15) is 0 Å². The first-order chi connectivity index (χ1) is 12.2. The monoisotopic (exact) mass is 336 g/mol. The maximum atomic E-state index is 13.3. The Labute approximate surface area is 146 Å². The number of benzene rings is 2. The Morgan fingerprint density at radius 1 is 1.24 bits per heavy atom. The lowest BCUT2D eigenvalue weighted by molar-refractivity contribution is -0.120. The van der Waals surface area contributed by atoms with Gasteiger partial charge in [-0.15, -0.1) is 0 Å². The summed E-state index contributed by atoms with van der Waals surface area (Å²) in [5, 5.41) is 2.86. The van der Waals surface area contributed by atoms with Crippen LogP contribution in [0.2, 0.25) is 0 Å². The summed E-state index contributed by atoms with van der Waals surface area (Å²) in [6.45, 7) is 0.939. The molecule has 0 spiro atoms. The van der Waals surface area contributed by atoms with Crippen LogP contribution in [0.5, 0.6) is 5.75 Å². The van der Waals surface area contributed by atoms with Crippen LogP contribution in [-0.4, -0.2) is 32.0 Å². The number of para-hydroxylation sites is 1. The Morgan fingerprint density at radius 3 is 2.92 bits per heavy atom. The molecule has 0 saturated heterocycles. The first kappa shape index (κ1) is 15.7. The van der Waals surface area contributed by atoms with Crippen molar-refractivity contribution >= 4 is 17.5 Å². The van der Waals surface area contributed by atoms with E-state index in [4.69, 9.17) is 4.74 Å². The number of hydrogen-bond acceptors (Lipinski definition) is 3. The molecule has 0 fully saturated rings. The first-order valence-electron chi connectivity index (χ1n) is 8.54. The van der Waals surface area contributed by atoms with Gasteiger partial charge in [0.2, 0.25) is 5.91 Å². The van der Waals surface area contributed by atoms with Crippen molar-refractivity contribution in [3.8, 4) is 5.75 Å². The molecule has 1 aliphatic heterocycles. The third-order valence-electron chi connectivity index (χ3n) is 5.06. The molecule has 1 aliphatic carbocycles. The van der Waals surface area contributed by atoms with E-state index >= 15 is 0 Å². The summed E-state index contributed by atoms with van der Waals surface area (Å²) in [5.41, 5.74) is 3.50. The van der Waals surface area contributed by atoms with Crippen molar-refractivity contribution in [1.82, 2.24) is 5.32 Å². The van der Waals surface area contributed by atoms with Gasteiger partial charge in [0.05, 0.1) is 24.3 Å². The van der Waals surface area contributed by atoms with Gasteiger partial charge in [0.1, 0.15) is 5.75 Å². The summed E-state index contributed by atoms with van der Waals surface area (Å²) in [7, 11) is 1.63. The van der Waals surface area contributed by atoms with Crippen LogP contribution in [0.4, 0.5) is 5.69 Å². The van der Waals surface area contributed by atoms with E-state index in [1.165, 1.54) is 5.56 Å². The zero-order valence-electron chi connectivity index (χ0n) is 14.1. The van der Waals surface area contributed by atoms with E-state index in [0.717, 1.165) is 24.2 Å². The summed E-state index contributed by atoms with van der Waals surface area (Å²) in [6, 6.07) is 13.3. The minimum Gasteiger partial charge on any atom is -0.497 e. The highest BCUT2D eigenvalue weighted by Gasteiger charge is 2.34. The van der Waals surface area contributed by atoms with E-state index in [1.54, 1.807) is 18.1 Å². The quantitative estimate of drug-likeness (QED) is 0.917. The third kappa shape index (κ3) is 2.65. The van der Waals surface area contributed by atoms with Crippen LogP contribution in [0.1, 0.15) is 33.8 Å². The summed E-state index contributed by atoms with van der Waals surface area (Å²) in [5.74, 6) is 0.508.